The van der Waals surface area contributed by atoms with Gasteiger partial charge in [0.05, 0.1) is 17.1 Å². The van der Waals surface area contributed by atoms with Gasteiger partial charge in [0, 0.05) is 33.0 Å². The molecule has 0 N–H and O–H groups in total. The predicted molar refractivity (Wildman–Crippen MR) is 58.1 cm³/mol. The minimum Gasteiger partial charge on any atom is -0.380 e. The Balaban J connectivity index is 3.14. The van der Waals surface area contributed by atoms with E-state index in [0.29, 0.717) is 5.56 Å². The Morgan fingerprint density at radius 3 is 2.60 bits per heavy atom. The maximum Gasteiger partial charge on any atom is 0.276 e. The Kier molecular flexibility index (Phi) is 3.62. The van der Waals surface area contributed by atoms with Gasteiger partial charge in [-0.25, -0.2) is 0 Å². The molecule has 5 nitrogen and oxygen atoms in total. The van der Waals surface area contributed by atoms with Crippen LogP contribution >= 0.6 is 0 Å². The maximum absolute atomic E-state index is 10.8. The molecule has 1 rings (SSSR count). The van der Waals surface area contributed by atoms with E-state index >= 15 is 0 Å². The summed E-state index contributed by atoms with van der Waals surface area (Å²) in [5, 5.41) is 10.8. The molecule has 0 spiro atoms. The van der Waals surface area contributed by atoms with Gasteiger partial charge in [0.2, 0.25) is 0 Å². The molecule has 1 aromatic carbocycles. The van der Waals surface area contributed by atoms with Gasteiger partial charge >= 0.3 is 0 Å². The number of benzene rings is 1. The van der Waals surface area contributed by atoms with Crippen LogP contribution in [0.4, 0.5) is 11.4 Å². The highest BCUT2D eigenvalue weighted by atomic mass is 16.6. The second kappa shape index (κ2) is 4.75. The highest BCUT2D eigenvalue weighted by molar-refractivity contribution is 5.55. The summed E-state index contributed by atoms with van der Waals surface area (Å²) in [6.45, 7) is 0.254. The molecule has 0 aliphatic rings. The molecular formula is C10H14N2O3. The van der Waals surface area contributed by atoms with Gasteiger partial charge in [-0.1, -0.05) is 0 Å². The molecule has 0 amide bonds. The standard InChI is InChI=1S/C10H14N2O3/c1-11(2)9-5-4-8(7-15-3)10(6-9)12(13)14/h4-6H,7H2,1-3H3. The van der Waals surface area contributed by atoms with E-state index in [0.717, 1.165) is 5.69 Å². The van der Waals surface area contributed by atoms with Crippen LogP contribution in [0.1, 0.15) is 5.56 Å². The van der Waals surface area contributed by atoms with Crippen LogP contribution in [0.2, 0.25) is 0 Å². The molecule has 0 saturated carbocycles. The Hall–Kier alpha value is -1.62. The summed E-state index contributed by atoms with van der Waals surface area (Å²) < 4.78 is 4.90. The predicted octanol–water partition coefficient (Wildman–Crippen LogP) is 1.81. The molecule has 0 fully saturated rings. The van der Waals surface area contributed by atoms with E-state index in [1.54, 1.807) is 12.1 Å². The van der Waals surface area contributed by atoms with Crippen molar-refractivity contribution < 1.29 is 9.66 Å². The van der Waals surface area contributed by atoms with Crippen LogP contribution in [0, 0.1) is 10.1 Å². The fourth-order valence-electron chi connectivity index (χ4n) is 1.28. The second-order valence-electron chi connectivity index (χ2n) is 3.40. The summed E-state index contributed by atoms with van der Waals surface area (Å²) in [6, 6.07) is 5.10. The Morgan fingerprint density at radius 2 is 2.13 bits per heavy atom. The number of nitrogens with zero attached hydrogens (tertiary/aromatic N) is 2. The third-order valence-corrected chi connectivity index (χ3v) is 2.08. The highest BCUT2D eigenvalue weighted by Crippen LogP contribution is 2.24. The first-order valence-corrected chi connectivity index (χ1v) is 4.50. The first kappa shape index (κ1) is 11.5. The van der Waals surface area contributed by atoms with Gasteiger partial charge in [-0.05, 0) is 12.1 Å². The van der Waals surface area contributed by atoms with Crippen molar-refractivity contribution in [2.75, 3.05) is 26.1 Å². The van der Waals surface area contributed by atoms with Gasteiger partial charge in [0.25, 0.3) is 5.69 Å². The highest BCUT2D eigenvalue weighted by Gasteiger charge is 2.14. The molecule has 0 heterocycles. The molecule has 0 unspecified atom stereocenters. The zero-order valence-corrected chi connectivity index (χ0v) is 9.06. The summed E-state index contributed by atoms with van der Waals surface area (Å²) in [5.41, 5.74) is 1.50. The molecule has 0 radical (unpaired) electrons. The molecule has 0 aliphatic heterocycles. The zero-order chi connectivity index (χ0) is 11.4. The van der Waals surface area contributed by atoms with Crippen molar-refractivity contribution in [3.05, 3.63) is 33.9 Å². The maximum atomic E-state index is 10.8. The molecular weight excluding hydrogens is 196 g/mol. The number of methoxy groups -OCH3 is 1. The fraction of sp³-hybridized carbons (Fsp3) is 0.400. The second-order valence-corrected chi connectivity index (χ2v) is 3.40. The van der Waals surface area contributed by atoms with E-state index in [1.165, 1.54) is 7.11 Å². The molecule has 0 saturated heterocycles. The van der Waals surface area contributed by atoms with Gasteiger partial charge in [0.1, 0.15) is 0 Å². The first-order chi connectivity index (χ1) is 7.06. The lowest BCUT2D eigenvalue weighted by Crippen LogP contribution is -2.09. The van der Waals surface area contributed by atoms with Crippen LogP contribution < -0.4 is 4.90 Å². The van der Waals surface area contributed by atoms with Crippen LogP contribution in [0.3, 0.4) is 0 Å². The normalized spacial score (nSPS) is 10.1. The number of nitro benzene ring substituents is 1. The SMILES string of the molecule is COCc1ccc(N(C)C)cc1[N+](=O)[O-]. The van der Waals surface area contributed by atoms with Crippen molar-refractivity contribution in [2.24, 2.45) is 0 Å². The summed E-state index contributed by atoms with van der Waals surface area (Å²) >= 11 is 0. The fourth-order valence-corrected chi connectivity index (χ4v) is 1.28. The lowest BCUT2D eigenvalue weighted by Gasteiger charge is -2.12. The van der Waals surface area contributed by atoms with Gasteiger partial charge in [-0.3, -0.25) is 10.1 Å². The number of rotatable bonds is 4. The molecule has 0 bridgehead atoms. The van der Waals surface area contributed by atoms with Crippen molar-refractivity contribution in [3.63, 3.8) is 0 Å². The number of hydrogen-bond acceptors (Lipinski definition) is 4. The van der Waals surface area contributed by atoms with E-state index in [1.807, 2.05) is 25.1 Å². The number of hydrogen-bond donors (Lipinski definition) is 0. The Labute approximate surface area is 88.4 Å². The first-order valence-electron chi connectivity index (χ1n) is 4.50. The number of ether oxygens (including phenoxy) is 1. The van der Waals surface area contributed by atoms with Crippen molar-refractivity contribution in [1.82, 2.24) is 0 Å². The summed E-state index contributed by atoms with van der Waals surface area (Å²) in [5.74, 6) is 0. The lowest BCUT2D eigenvalue weighted by molar-refractivity contribution is -0.385. The van der Waals surface area contributed by atoms with Gasteiger partial charge in [-0.15, -0.1) is 0 Å². The minimum absolute atomic E-state index is 0.100. The molecule has 0 atom stereocenters. The number of anilines is 1. The summed E-state index contributed by atoms with van der Waals surface area (Å²) in [4.78, 5) is 12.2. The topological polar surface area (TPSA) is 55.6 Å². The van der Waals surface area contributed by atoms with Gasteiger partial charge < -0.3 is 9.64 Å². The third-order valence-electron chi connectivity index (χ3n) is 2.08. The Bertz CT molecular complexity index is 364. The van der Waals surface area contributed by atoms with Crippen molar-refractivity contribution in [2.45, 2.75) is 6.61 Å². The van der Waals surface area contributed by atoms with Gasteiger partial charge in [0.15, 0.2) is 0 Å². The molecule has 5 heteroatoms. The van der Waals surface area contributed by atoms with Crippen LogP contribution in [-0.2, 0) is 11.3 Å². The van der Waals surface area contributed by atoms with Crippen molar-refractivity contribution in [1.29, 1.82) is 0 Å². The monoisotopic (exact) mass is 210 g/mol. The van der Waals surface area contributed by atoms with Crippen LogP contribution in [0.15, 0.2) is 18.2 Å². The molecule has 0 aliphatic carbocycles. The number of nitro groups is 1. The van der Waals surface area contributed by atoms with E-state index in [9.17, 15) is 10.1 Å². The lowest BCUT2D eigenvalue weighted by atomic mass is 10.1. The van der Waals surface area contributed by atoms with Crippen LogP contribution in [-0.4, -0.2) is 26.1 Å². The van der Waals surface area contributed by atoms with Crippen molar-refractivity contribution >= 4 is 11.4 Å². The van der Waals surface area contributed by atoms with Gasteiger partial charge in [-0.2, -0.15) is 0 Å². The van der Waals surface area contributed by atoms with E-state index in [-0.39, 0.29) is 17.2 Å². The zero-order valence-electron chi connectivity index (χ0n) is 9.06. The quantitative estimate of drug-likeness (QED) is 0.561. The average Bonchev–Trinajstić information content (AvgIpc) is 2.18. The van der Waals surface area contributed by atoms with E-state index in [2.05, 4.69) is 0 Å². The summed E-state index contributed by atoms with van der Waals surface area (Å²) in [7, 11) is 5.20. The van der Waals surface area contributed by atoms with Crippen LogP contribution in [0.25, 0.3) is 0 Å². The molecule has 1 aromatic rings. The average molecular weight is 210 g/mol. The van der Waals surface area contributed by atoms with E-state index in [4.69, 9.17) is 4.74 Å². The Morgan fingerprint density at radius 1 is 1.47 bits per heavy atom. The smallest absolute Gasteiger partial charge is 0.276 e. The summed E-state index contributed by atoms with van der Waals surface area (Å²) in [6.07, 6.45) is 0. The van der Waals surface area contributed by atoms with Crippen molar-refractivity contribution in [3.8, 4) is 0 Å². The molecule has 0 aromatic heterocycles. The third kappa shape index (κ3) is 2.66. The minimum atomic E-state index is -0.388. The molecule has 15 heavy (non-hydrogen) atoms. The largest absolute Gasteiger partial charge is 0.380 e. The van der Waals surface area contributed by atoms with Crippen LogP contribution in [0.5, 0.6) is 0 Å². The van der Waals surface area contributed by atoms with E-state index < -0.39 is 0 Å². The molecule has 82 valence electrons.